The van der Waals surface area contributed by atoms with Gasteiger partial charge in [-0.15, -0.1) is 0 Å². The molecule has 3 nitrogen and oxygen atoms in total. The number of thiocarbonyl (C=S) groups is 1. The molecule has 0 radical (unpaired) electrons. The molecule has 4 heteroatoms. The molecule has 1 atom stereocenters. The van der Waals surface area contributed by atoms with Gasteiger partial charge in [-0.3, -0.25) is 0 Å². The van der Waals surface area contributed by atoms with Crippen LogP contribution in [-0.2, 0) is 4.74 Å². The highest BCUT2D eigenvalue weighted by atomic mass is 32.1. The van der Waals surface area contributed by atoms with E-state index in [1.165, 1.54) is 0 Å². The van der Waals surface area contributed by atoms with Crippen LogP contribution in [-0.4, -0.2) is 34.6 Å². The third-order valence-corrected chi connectivity index (χ3v) is 1.35. The summed E-state index contributed by atoms with van der Waals surface area (Å²) in [6.07, 6.45) is -0.152. The number of aliphatic hydroxyl groups is 2. The van der Waals surface area contributed by atoms with Gasteiger partial charge in [0, 0.05) is 13.0 Å². The second-order valence-corrected chi connectivity index (χ2v) is 2.32. The van der Waals surface area contributed by atoms with Crippen molar-refractivity contribution in [3.63, 3.8) is 0 Å². The van der Waals surface area contributed by atoms with Crippen LogP contribution >= 0.6 is 12.2 Å². The lowest BCUT2D eigenvalue weighted by molar-refractivity contribution is 0.187. The molecular formula is C6H12O3S. The third kappa shape index (κ3) is 4.67. The van der Waals surface area contributed by atoms with Gasteiger partial charge in [-0.05, 0) is 19.1 Å². The minimum Gasteiger partial charge on any atom is -0.484 e. The molecule has 2 N–H and O–H groups in total. The molecule has 0 aliphatic carbocycles. The molecule has 0 saturated heterocycles. The van der Waals surface area contributed by atoms with Gasteiger partial charge in [0.2, 0.25) is 0 Å². The van der Waals surface area contributed by atoms with Crippen LogP contribution in [0.15, 0.2) is 0 Å². The predicted octanol–water partition coefficient (Wildman–Crippen LogP) is 0.0936. The van der Waals surface area contributed by atoms with E-state index in [1.807, 2.05) is 0 Å². The highest BCUT2D eigenvalue weighted by Crippen LogP contribution is 1.91. The number of ether oxygens (including phenoxy) is 1. The molecule has 0 aromatic heterocycles. The smallest absolute Gasteiger partial charge is 0.188 e. The monoisotopic (exact) mass is 164 g/mol. The molecule has 0 rings (SSSR count). The van der Waals surface area contributed by atoms with Gasteiger partial charge in [-0.1, -0.05) is 0 Å². The first kappa shape index (κ1) is 9.81. The molecule has 0 aromatic rings. The lowest BCUT2D eigenvalue weighted by atomic mass is 10.4. The second-order valence-electron chi connectivity index (χ2n) is 1.92. The van der Waals surface area contributed by atoms with E-state index in [2.05, 4.69) is 12.2 Å². The number of rotatable bonds is 4. The van der Waals surface area contributed by atoms with Crippen LogP contribution in [0.5, 0.6) is 0 Å². The summed E-state index contributed by atoms with van der Waals surface area (Å²) in [6, 6.07) is 0. The lowest BCUT2D eigenvalue weighted by Gasteiger charge is -2.07. The minimum absolute atomic E-state index is 0.0857. The molecule has 0 spiro atoms. The second kappa shape index (κ2) is 5.58. The van der Waals surface area contributed by atoms with E-state index in [0.29, 0.717) is 13.0 Å². The van der Waals surface area contributed by atoms with E-state index in [1.54, 1.807) is 6.92 Å². The summed E-state index contributed by atoms with van der Waals surface area (Å²) in [5, 5.41) is 17.3. The zero-order valence-electron chi connectivity index (χ0n) is 5.91. The van der Waals surface area contributed by atoms with Crippen LogP contribution in [0.25, 0.3) is 0 Å². The van der Waals surface area contributed by atoms with Crippen LogP contribution in [0.4, 0.5) is 0 Å². The van der Waals surface area contributed by atoms with Crippen LogP contribution in [0, 0.1) is 0 Å². The Morgan fingerprint density at radius 2 is 2.30 bits per heavy atom. The van der Waals surface area contributed by atoms with Gasteiger partial charge in [0.1, 0.15) is 6.10 Å². The lowest BCUT2D eigenvalue weighted by Crippen LogP contribution is -2.17. The van der Waals surface area contributed by atoms with Gasteiger partial charge in [0.15, 0.2) is 5.05 Å². The van der Waals surface area contributed by atoms with Crippen LogP contribution < -0.4 is 0 Å². The van der Waals surface area contributed by atoms with Crippen molar-refractivity contribution in [3.8, 4) is 0 Å². The quantitative estimate of drug-likeness (QED) is 0.457. The molecule has 1 unspecified atom stereocenters. The average molecular weight is 164 g/mol. The Labute approximate surface area is 65.6 Å². The average Bonchev–Trinajstić information content (AvgIpc) is 1.88. The summed E-state index contributed by atoms with van der Waals surface area (Å²) >= 11 is 4.64. The van der Waals surface area contributed by atoms with Crippen molar-refractivity contribution in [3.05, 3.63) is 0 Å². The Bertz CT molecular complexity index is 103. The van der Waals surface area contributed by atoms with Crippen LogP contribution in [0.2, 0.25) is 0 Å². The largest absolute Gasteiger partial charge is 0.484 e. The fourth-order valence-corrected chi connectivity index (χ4v) is 0.441. The molecule has 0 bridgehead atoms. The highest BCUT2D eigenvalue weighted by molar-refractivity contribution is 7.80. The molecule has 0 amide bonds. The summed E-state index contributed by atoms with van der Waals surface area (Å²) in [4.78, 5) is 0. The molecule has 0 fully saturated rings. The SMILES string of the molecule is CC(O)C(=S)OCCCO. The summed E-state index contributed by atoms with van der Waals surface area (Å²) in [6.45, 7) is 2.00. The third-order valence-electron chi connectivity index (χ3n) is 0.888. The van der Waals surface area contributed by atoms with Crippen molar-refractivity contribution < 1.29 is 14.9 Å². The summed E-state index contributed by atoms with van der Waals surface area (Å²) < 4.78 is 4.87. The van der Waals surface area contributed by atoms with Crippen molar-refractivity contribution in [1.82, 2.24) is 0 Å². The van der Waals surface area contributed by atoms with E-state index >= 15 is 0 Å². The van der Waals surface area contributed by atoms with E-state index in [0.717, 1.165) is 0 Å². The Kier molecular flexibility index (Phi) is 5.48. The maximum absolute atomic E-state index is 8.79. The zero-order valence-corrected chi connectivity index (χ0v) is 6.73. The Balaban J connectivity index is 3.22. The molecule has 0 aliphatic heterocycles. The van der Waals surface area contributed by atoms with E-state index in [4.69, 9.17) is 14.9 Å². The van der Waals surface area contributed by atoms with Crippen molar-refractivity contribution >= 4 is 17.3 Å². The maximum atomic E-state index is 8.79. The first-order chi connectivity index (χ1) is 4.68. The summed E-state index contributed by atoms with van der Waals surface area (Å²) in [5.74, 6) is 0. The van der Waals surface area contributed by atoms with Crippen molar-refractivity contribution in [2.24, 2.45) is 0 Å². The van der Waals surface area contributed by atoms with Crippen molar-refractivity contribution in [1.29, 1.82) is 0 Å². The van der Waals surface area contributed by atoms with Crippen LogP contribution in [0.1, 0.15) is 13.3 Å². The Morgan fingerprint density at radius 1 is 1.70 bits per heavy atom. The number of aliphatic hydroxyl groups excluding tert-OH is 2. The standard InChI is InChI=1S/C6H12O3S/c1-5(8)6(10)9-4-2-3-7/h5,7-8H,2-4H2,1H3. The minimum atomic E-state index is -0.700. The Hall–Kier alpha value is -0.190. The number of hydrogen-bond donors (Lipinski definition) is 2. The predicted molar refractivity (Wildman–Crippen MR) is 41.9 cm³/mol. The summed E-state index contributed by atoms with van der Waals surface area (Å²) in [7, 11) is 0. The van der Waals surface area contributed by atoms with E-state index in [-0.39, 0.29) is 11.7 Å². The van der Waals surface area contributed by atoms with Gasteiger partial charge < -0.3 is 14.9 Å². The molecule has 0 heterocycles. The maximum Gasteiger partial charge on any atom is 0.188 e. The van der Waals surface area contributed by atoms with Gasteiger partial charge >= 0.3 is 0 Å². The Morgan fingerprint density at radius 3 is 2.70 bits per heavy atom. The molecule has 10 heavy (non-hydrogen) atoms. The van der Waals surface area contributed by atoms with Gasteiger partial charge in [-0.25, -0.2) is 0 Å². The zero-order chi connectivity index (χ0) is 7.98. The molecule has 0 aromatic carbocycles. The molecule has 0 saturated carbocycles. The highest BCUT2D eigenvalue weighted by Gasteiger charge is 2.03. The van der Waals surface area contributed by atoms with Gasteiger partial charge in [0.05, 0.1) is 6.61 Å². The van der Waals surface area contributed by atoms with Crippen molar-refractivity contribution in [2.45, 2.75) is 19.4 Å². The normalized spacial score (nSPS) is 12.7. The first-order valence-corrected chi connectivity index (χ1v) is 3.55. The number of hydrogen-bond acceptors (Lipinski definition) is 4. The van der Waals surface area contributed by atoms with Crippen LogP contribution in [0.3, 0.4) is 0 Å². The first-order valence-electron chi connectivity index (χ1n) is 3.14. The summed E-state index contributed by atoms with van der Waals surface area (Å²) in [5.41, 5.74) is 0. The van der Waals surface area contributed by atoms with Crippen molar-refractivity contribution in [2.75, 3.05) is 13.2 Å². The van der Waals surface area contributed by atoms with E-state index in [9.17, 15) is 0 Å². The van der Waals surface area contributed by atoms with Gasteiger partial charge in [0.25, 0.3) is 0 Å². The van der Waals surface area contributed by atoms with Gasteiger partial charge in [-0.2, -0.15) is 0 Å². The van der Waals surface area contributed by atoms with E-state index < -0.39 is 6.10 Å². The fraction of sp³-hybridized carbons (Fsp3) is 0.833. The topological polar surface area (TPSA) is 49.7 Å². The fourth-order valence-electron chi connectivity index (χ4n) is 0.358. The molecule has 60 valence electrons. The molecule has 0 aliphatic rings. The molecular weight excluding hydrogens is 152 g/mol.